The van der Waals surface area contributed by atoms with E-state index in [1.54, 1.807) is 6.07 Å². The summed E-state index contributed by atoms with van der Waals surface area (Å²) < 4.78 is 13.7. The monoisotopic (exact) mass is 269 g/mol. The standard InChI is InChI=1S/C15H24FNS/c1-4-7-13(11-18)10-17(3)12(2)14-8-5-6-9-15(14)16/h5-6,8-9,12-13,18H,4,7,10-11H2,1-3H3. The maximum atomic E-state index is 13.7. The fraction of sp³-hybridized carbons (Fsp3) is 0.600. The van der Waals surface area contributed by atoms with Gasteiger partial charge in [0.2, 0.25) is 0 Å². The summed E-state index contributed by atoms with van der Waals surface area (Å²) >= 11 is 4.40. The molecule has 0 N–H and O–H groups in total. The van der Waals surface area contributed by atoms with E-state index < -0.39 is 0 Å². The third-order valence-electron chi connectivity index (χ3n) is 3.52. The first-order valence-corrected chi connectivity index (χ1v) is 7.28. The van der Waals surface area contributed by atoms with E-state index in [0.29, 0.717) is 5.92 Å². The van der Waals surface area contributed by atoms with E-state index in [4.69, 9.17) is 0 Å². The quantitative estimate of drug-likeness (QED) is 0.727. The van der Waals surface area contributed by atoms with Crippen LogP contribution in [-0.4, -0.2) is 24.2 Å². The highest BCUT2D eigenvalue weighted by atomic mass is 32.1. The Morgan fingerprint density at radius 2 is 2.00 bits per heavy atom. The average Bonchev–Trinajstić information content (AvgIpc) is 2.37. The van der Waals surface area contributed by atoms with E-state index in [9.17, 15) is 4.39 Å². The van der Waals surface area contributed by atoms with Gasteiger partial charge in [-0.15, -0.1) is 0 Å². The van der Waals surface area contributed by atoms with Gasteiger partial charge in [-0.05, 0) is 38.1 Å². The molecule has 1 aromatic rings. The molecule has 1 nitrogen and oxygen atoms in total. The van der Waals surface area contributed by atoms with Crippen LogP contribution in [0.5, 0.6) is 0 Å². The van der Waals surface area contributed by atoms with Gasteiger partial charge in [0, 0.05) is 18.2 Å². The van der Waals surface area contributed by atoms with Crippen LogP contribution in [-0.2, 0) is 0 Å². The van der Waals surface area contributed by atoms with Crippen LogP contribution in [0.15, 0.2) is 24.3 Å². The zero-order chi connectivity index (χ0) is 13.5. The highest BCUT2D eigenvalue weighted by molar-refractivity contribution is 7.80. The van der Waals surface area contributed by atoms with E-state index in [-0.39, 0.29) is 11.9 Å². The second-order valence-electron chi connectivity index (χ2n) is 4.97. The summed E-state index contributed by atoms with van der Waals surface area (Å²) in [5.74, 6) is 1.36. The van der Waals surface area contributed by atoms with Crippen LogP contribution in [0.4, 0.5) is 4.39 Å². The van der Waals surface area contributed by atoms with Crippen LogP contribution >= 0.6 is 12.6 Å². The normalized spacial score (nSPS) is 14.8. The Bertz CT molecular complexity index is 356. The van der Waals surface area contributed by atoms with E-state index in [1.165, 1.54) is 18.9 Å². The molecule has 102 valence electrons. The number of thiol groups is 1. The van der Waals surface area contributed by atoms with E-state index in [1.807, 2.05) is 12.1 Å². The van der Waals surface area contributed by atoms with Gasteiger partial charge in [0.1, 0.15) is 5.82 Å². The van der Waals surface area contributed by atoms with Crippen LogP contribution < -0.4 is 0 Å². The summed E-state index contributed by atoms with van der Waals surface area (Å²) in [7, 11) is 2.06. The molecule has 0 spiro atoms. The molecular formula is C15H24FNS. The summed E-state index contributed by atoms with van der Waals surface area (Å²) in [6, 6.07) is 7.13. The maximum Gasteiger partial charge on any atom is 0.127 e. The second-order valence-corrected chi connectivity index (χ2v) is 5.34. The number of hydrogen-bond acceptors (Lipinski definition) is 2. The molecule has 0 aromatic heterocycles. The van der Waals surface area contributed by atoms with E-state index in [2.05, 4.69) is 38.4 Å². The van der Waals surface area contributed by atoms with Crippen LogP contribution in [0.1, 0.15) is 38.3 Å². The van der Waals surface area contributed by atoms with Crippen LogP contribution in [0, 0.1) is 11.7 Å². The van der Waals surface area contributed by atoms with Crippen molar-refractivity contribution in [1.29, 1.82) is 0 Å². The molecule has 0 bridgehead atoms. The van der Waals surface area contributed by atoms with Gasteiger partial charge >= 0.3 is 0 Å². The summed E-state index contributed by atoms with van der Waals surface area (Å²) in [5, 5.41) is 0. The van der Waals surface area contributed by atoms with Gasteiger partial charge in [0.05, 0.1) is 0 Å². The lowest BCUT2D eigenvalue weighted by Crippen LogP contribution is -2.29. The molecule has 1 rings (SSSR count). The lowest BCUT2D eigenvalue weighted by molar-refractivity contribution is 0.219. The number of halogens is 1. The SMILES string of the molecule is CCCC(CS)CN(C)C(C)c1ccccc1F. The lowest BCUT2D eigenvalue weighted by Gasteiger charge is -2.29. The van der Waals surface area contributed by atoms with Gasteiger partial charge in [0.25, 0.3) is 0 Å². The van der Waals surface area contributed by atoms with Crippen molar-refractivity contribution in [3.8, 4) is 0 Å². The zero-order valence-electron chi connectivity index (χ0n) is 11.6. The molecular weight excluding hydrogens is 245 g/mol. The van der Waals surface area contributed by atoms with Crippen LogP contribution in [0.25, 0.3) is 0 Å². The Balaban J connectivity index is 2.66. The van der Waals surface area contributed by atoms with Gasteiger partial charge in [0.15, 0.2) is 0 Å². The topological polar surface area (TPSA) is 3.24 Å². The highest BCUT2D eigenvalue weighted by Gasteiger charge is 2.18. The third kappa shape index (κ3) is 4.29. The fourth-order valence-electron chi connectivity index (χ4n) is 2.27. The second kappa shape index (κ2) is 7.80. The van der Waals surface area contributed by atoms with Crippen molar-refractivity contribution in [3.05, 3.63) is 35.6 Å². The predicted molar refractivity (Wildman–Crippen MR) is 79.7 cm³/mol. The van der Waals surface area contributed by atoms with Crippen LogP contribution in [0.3, 0.4) is 0 Å². The molecule has 18 heavy (non-hydrogen) atoms. The third-order valence-corrected chi connectivity index (χ3v) is 4.03. The summed E-state index contributed by atoms with van der Waals surface area (Å²) in [4.78, 5) is 2.22. The number of benzene rings is 1. The number of rotatable bonds is 7. The maximum absolute atomic E-state index is 13.7. The van der Waals surface area contributed by atoms with Gasteiger partial charge in [-0.25, -0.2) is 4.39 Å². The lowest BCUT2D eigenvalue weighted by atomic mass is 10.0. The van der Waals surface area contributed by atoms with Gasteiger partial charge in [-0.2, -0.15) is 12.6 Å². The molecule has 2 unspecified atom stereocenters. The Morgan fingerprint density at radius 3 is 2.56 bits per heavy atom. The van der Waals surface area contributed by atoms with Crippen LogP contribution in [0.2, 0.25) is 0 Å². The first-order valence-electron chi connectivity index (χ1n) is 6.65. The Labute approximate surface area is 116 Å². The van der Waals surface area contributed by atoms with Crippen molar-refractivity contribution >= 4 is 12.6 Å². The first kappa shape index (κ1) is 15.5. The molecule has 0 saturated carbocycles. The summed E-state index contributed by atoms with van der Waals surface area (Å²) in [6.45, 7) is 5.21. The van der Waals surface area contributed by atoms with Crippen molar-refractivity contribution in [2.24, 2.45) is 5.92 Å². The molecule has 3 heteroatoms. The molecule has 1 aromatic carbocycles. The van der Waals surface area contributed by atoms with Crippen molar-refractivity contribution in [2.75, 3.05) is 19.3 Å². The van der Waals surface area contributed by atoms with Gasteiger partial charge < -0.3 is 0 Å². The zero-order valence-corrected chi connectivity index (χ0v) is 12.5. The molecule has 0 saturated heterocycles. The minimum absolute atomic E-state index is 0.102. The Kier molecular flexibility index (Phi) is 6.72. The average molecular weight is 269 g/mol. The van der Waals surface area contributed by atoms with Crippen molar-refractivity contribution in [1.82, 2.24) is 4.90 Å². The Hall–Kier alpha value is -0.540. The predicted octanol–water partition coefficient (Wildman–Crippen LogP) is 4.16. The van der Waals surface area contributed by atoms with Gasteiger partial charge in [-0.3, -0.25) is 4.90 Å². The molecule has 2 atom stereocenters. The van der Waals surface area contributed by atoms with Crippen molar-refractivity contribution in [3.63, 3.8) is 0 Å². The molecule has 0 aliphatic carbocycles. The van der Waals surface area contributed by atoms with E-state index in [0.717, 1.165) is 17.9 Å². The molecule has 0 heterocycles. The molecule has 0 fully saturated rings. The first-order chi connectivity index (χ1) is 8.60. The van der Waals surface area contributed by atoms with Gasteiger partial charge in [-0.1, -0.05) is 31.5 Å². The largest absolute Gasteiger partial charge is 0.299 e. The van der Waals surface area contributed by atoms with Crippen molar-refractivity contribution in [2.45, 2.75) is 32.7 Å². The molecule has 0 radical (unpaired) electrons. The number of nitrogens with zero attached hydrogens (tertiary/aromatic N) is 1. The number of hydrogen-bond donors (Lipinski definition) is 1. The minimum Gasteiger partial charge on any atom is -0.299 e. The summed E-state index contributed by atoms with van der Waals surface area (Å²) in [5.41, 5.74) is 0.773. The Morgan fingerprint density at radius 1 is 1.33 bits per heavy atom. The molecule has 0 amide bonds. The summed E-state index contributed by atoms with van der Waals surface area (Å²) in [6.07, 6.45) is 2.35. The highest BCUT2D eigenvalue weighted by Crippen LogP contribution is 2.23. The smallest absolute Gasteiger partial charge is 0.127 e. The molecule has 0 aliphatic rings. The molecule has 0 aliphatic heterocycles. The fourth-order valence-corrected chi connectivity index (χ4v) is 2.56. The minimum atomic E-state index is -0.116. The van der Waals surface area contributed by atoms with Crippen molar-refractivity contribution < 1.29 is 4.39 Å². The van der Waals surface area contributed by atoms with E-state index >= 15 is 0 Å².